The molecule has 1 aromatic heterocycles. The molecule has 2 N–H and O–H groups in total. The van der Waals surface area contributed by atoms with E-state index < -0.39 is 12.1 Å². The average molecular weight is 432 g/mol. The number of fused-ring (bicyclic) bond motifs is 1. The van der Waals surface area contributed by atoms with Crippen molar-refractivity contribution in [2.45, 2.75) is 43.8 Å². The topological polar surface area (TPSA) is 98.8 Å². The molecule has 0 bridgehead atoms. The number of piperidine rings is 1. The van der Waals surface area contributed by atoms with Crippen LogP contribution in [-0.4, -0.2) is 89.1 Å². The Morgan fingerprint density at radius 2 is 2.00 bits per heavy atom. The summed E-state index contributed by atoms with van der Waals surface area (Å²) in [7, 11) is 3.97. The molecule has 2 fully saturated rings. The van der Waals surface area contributed by atoms with Crippen molar-refractivity contribution in [1.82, 2.24) is 20.0 Å². The number of alkyl halides is 3. The Morgan fingerprint density at radius 1 is 1.33 bits per heavy atom. The van der Waals surface area contributed by atoms with Crippen LogP contribution >= 0.6 is 0 Å². The minimum atomic E-state index is -5.08. The monoisotopic (exact) mass is 432 g/mol. The fraction of sp³-hybridized carbons (Fsp3) is 0.737. The quantitative estimate of drug-likeness (QED) is 0.755. The zero-order valence-corrected chi connectivity index (χ0v) is 17.1. The van der Waals surface area contributed by atoms with E-state index in [1.165, 1.54) is 12.1 Å². The van der Waals surface area contributed by atoms with Crippen LogP contribution in [0.3, 0.4) is 0 Å². The molecule has 1 atom stereocenters. The Hall–Kier alpha value is -2.14. The highest BCUT2D eigenvalue weighted by atomic mass is 19.4. The summed E-state index contributed by atoms with van der Waals surface area (Å²) >= 11 is 0. The van der Waals surface area contributed by atoms with Crippen LogP contribution in [0.15, 0.2) is 0 Å². The van der Waals surface area contributed by atoms with Gasteiger partial charge in [-0.25, -0.2) is 4.79 Å². The second-order valence-corrected chi connectivity index (χ2v) is 8.31. The van der Waals surface area contributed by atoms with Gasteiger partial charge in [-0.1, -0.05) is 0 Å². The van der Waals surface area contributed by atoms with Crippen molar-refractivity contribution in [3.05, 3.63) is 17.0 Å². The predicted octanol–water partition coefficient (Wildman–Crippen LogP) is 1.71. The fourth-order valence-electron chi connectivity index (χ4n) is 4.61. The Labute approximate surface area is 172 Å². The molecule has 0 aromatic carbocycles. The molecule has 2 aliphatic heterocycles. The highest BCUT2D eigenvalue weighted by Crippen LogP contribution is 2.39. The summed E-state index contributed by atoms with van der Waals surface area (Å²) in [6.45, 7) is 3.57. The number of carboxylic acids is 1. The van der Waals surface area contributed by atoms with Gasteiger partial charge in [-0.05, 0) is 51.6 Å². The first-order valence-corrected chi connectivity index (χ1v) is 9.93. The Kier molecular flexibility index (Phi) is 6.42. The minimum Gasteiger partial charge on any atom is -0.475 e. The molecular weight excluding hydrogens is 405 g/mol. The third-order valence-corrected chi connectivity index (χ3v) is 6.26. The number of carbonyl (C=O) groups is 2. The van der Waals surface area contributed by atoms with Crippen LogP contribution < -0.4 is 0 Å². The van der Waals surface area contributed by atoms with E-state index in [-0.39, 0.29) is 11.4 Å². The van der Waals surface area contributed by atoms with Crippen LogP contribution in [0.25, 0.3) is 0 Å². The molecule has 3 heterocycles. The number of aryl methyl sites for hydroxylation is 1. The van der Waals surface area contributed by atoms with Crippen LogP contribution in [0.2, 0.25) is 0 Å². The summed E-state index contributed by atoms with van der Waals surface area (Å²) in [5, 5.41) is 14.5. The van der Waals surface area contributed by atoms with Gasteiger partial charge >= 0.3 is 12.1 Å². The number of amides is 1. The van der Waals surface area contributed by atoms with Crippen LogP contribution in [0, 0.1) is 5.92 Å². The lowest BCUT2D eigenvalue weighted by atomic mass is 9.75. The minimum absolute atomic E-state index is 0.109. The summed E-state index contributed by atoms with van der Waals surface area (Å²) in [6, 6.07) is 0. The molecule has 11 heteroatoms. The first-order valence-electron chi connectivity index (χ1n) is 9.93. The third kappa shape index (κ3) is 4.46. The van der Waals surface area contributed by atoms with Gasteiger partial charge in [0.1, 0.15) is 0 Å². The molecule has 1 aliphatic carbocycles. The summed E-state index contributed by atoms with van der Waals surface area (Å²) in [5.74, 6) is -2.03. The maximum atomic E-state index is 12.8. The van der Waals surface area contributed by atoms with Gasteiger partial charge in [-0.3, -0.25) is 14.8 Å². The molecule has 0 radical (unpaired) electrons. The zero-order valence-electron chi connectivity index (χ0n) is 17.1. The van der Waals surface area contributed by atoms with E-state index >= 15 is 0 Å². The zero-order chi connectivity index (χ0) is 22.1. The first-order chi connectivity index (χ1) is 14.1. The lowest BCUT2D eigenvalue weighted by Crippen LogP contribution is -2.72. The van der Waals surface area contributed by atoms with Crippen molar-refractivity contribution < 1.29 is 32.6 Å². The van der Waals surface area contributed by atoms with Crippen LogP contribution in [-0.2, 0) is 22.4 Å². The van der Waals surface area contributed by atoms with Gasteiger partial charge in [-0.2, -0.15) is 18.3 Å². The van der Waals surface area contributed by atoms with Crippen molar-refractivity contribution in [3.63, 3.8) is 0 Å². The smallest absolute Gasteiger partial charge is 0.475 e. The number of carbonyl (C=O) groups excluding carboxylic acids is 1. The van der Waals surface area contributed by atoms with Gasteiger partial charge in [0.25, 0.3) is 5.91 Å². The summed E-state index contributed by atoms with van der Waals surface area (Å²) in [6.07, 6.45) is 0.380. The van der Waals surface area contributed by atoms with E-state index in [0.717, 1.165) is 57.5 Å². The molecule has 8 nitrogen and oxygen atoms in total. The molecule has 168 valence electrons. The van der Waals surface area contributed by atoms with Crippen LogP contribution in [0.5, 0.6) is 0 Å². The number of likely N-dealkylation sites (tertiary alicyclic amines) is 2. The number of likely N-dealkylation sites (N-methyl/N-ethyl adjacent to an activating group) is 1. The van der Waals surface area contributed by atoms with E-state index in [0.29, 0.717) is 11.6 Å². The summed E-state index contributed by atoms with van der Waals surface area (Å²) in [4.78, 5) is 26.1. The number of carboxylic acid groups (broad SMARTS) is 1. The molecule has 1 unspecified atom stereocenters. The van der Waals surface area contributed by atoms with Gasteiger partial charge in [-0.15, -0.1) is 0 Å². The largest absolute Gasteiger partial charge is 0.490 e. The maximum absolute atomic E-state index is 12.8. The predicted molar refractivity (Wildman–Crippen MR) is 100 cm³/mol. The second-order valence-electron chi connectivity index (χ2n) is 8.31. The van der Waals surface area contributed by atoms with E-state index in [4.69, 9.17) is 14.6 Å². The van der Waals surface area contributed by atoms with E-state index in [2.05, 4.69) is 22.1 Å². The average Bonchev–Trinajstić information content (AvgIpc) is 3.24. The highest BCUT2D eigenvalue weighted by molar-refractivity contribution is 5.95. The summed E-state index contributed by atoms with van der Waals surface area (Å²) < 4.78 is 37.1. The number of methoxy groups -OCH3 is 1. The molecule has 30 heavy (non-hydrogen) atoms. The molecular formula is C19H27F3N4O4. The van der Waals surface area contributed by atoms with Crippen molar-refractivity contribution in [2.75, 3.05) is 40.4 Å². The number of ether oxygens (including phenoxy) is 1. The second kappa shape index (κ2) is 8.54. The molecule has 0 saturated carbocycles. The number of aromatic amines is 1. The van der Waals surface area contributed by atoms with Gasteiger partial charge in [0.2, 0.25) is 0 Å². The number of hydrogen-bond acceptors (Lipinski definition) is 5. The van der Waals surface area contributed by atoms with Crippen LogP contribution in [0.1, 0.15) is 41.0 Å². The van der Waals surface area contributed by atoms with Gasteiger partial charge in [0.15, 0.2) is 5.69 Å². The molecule has 1 aromatic rings. The number of aromatic nitrogens is 2. The standard InChI is InChI=1S/C17H26N4O2.C2HF3O2/c1-20-7-6-12(9-23-2)8-17(20)10-21(11-17)16(22)15-13-4-3-5-14(13)18-19-15;3-2(4,5)1(6)7/h12H,3-11H2,1-2H3,(H,18,19);(H,6,7). The van der Waals surface area contributed by atoms with Gasteiger partial charge < -0.3 is 14.7 Å². The Balaban J connectivity index is 0.000000318. The number of nitrogens with one attached hydrogen (secondary N) is 1. The molecule has 1 amide bonds. The fourth-order valence-corrected chi connectivity index (χ4v) is 4.61. The molecule has 4 rings (SSSR count). The van der Waals surface area contributed by atoms with Crippen molar-refractivity contribution >= 4 is 11.9 Å². The molecule has 1 spiro atoms. The lowest BCUT2D eigenvalue weighted by Gasteiger charge is -2.58. The Morgan fingerprint density at radius 3 is 2.60 bits per heavy atom. The first kappa shape index (κ1) is 22.5. The van der Waals surface area contributed by atoms with Gasteiger partial charge in [0, 0.05) is 38.1 Å². The van der Waals surface area contributed by atoms with Crippen molar-refractivity contribution in [2.24, 2.45) is 5.92 Å². The number of halogens is 3. The summed E-state index contributed by atoms with van der Waals surface area (Å²) in [5.41, 5.74) is 3.14. The SMILES string of the molecule is COCC1CCN(C)C2(C1)CN(C(=O)c1n[nH]c3c1CCC3)C2.O=C(O)C(F)(F)F. The number of rotatable bonds is 3. The highest BCUT2D eigenvalue weighted by Gasteiger charge is 2.51. The third-order valence-electron chi connectivity index (χ3n) is 6.26. The van der Waals surface area contributed by atoms with Gasteiger partial charge in [0.05, 0.1) is 5.54 Å². The Bertz CT molecular complexity index is 789. The van der Waals surface area contributed by atoms with Crippen molar-refractivity contribution in [1.29, 1.82) is 0 Å². The molecule has 2 saturated heterocycles. The lowest BCUT2D eigenvalue weighted by molar-refractivity contribution is -0.192. The number of hydrogen-bond donors (Lipinski definition) is 2. The molecule has 3 aliphatic rings. The van der Waals surface area contributed by atoms with E-state index in [9.17, 15) is 18.0 Å². The van der Waals surface area contributed by atoms with Crippen molar-refractivity contribution in [3.8, 4) is 0 Å². The number of nitrogens with zero attached hydrogens (tertiary/aromatic N) is 3. The number of aliphatic carboxylic acids is 1. The van der Waals surface area contributed by atoms with E-state index in [1.54, 1.807) is 7.11 Å². The normalized spacial score (nSPS) is 22.8. The maximum Gasteiger partial charge on any atom is 0.490 e. The number of H-pyrrole nitrogens is 1. The van der Waals surface area contributed by atoms with Crippen LogP contribution in [0.4, 0.5) is 13.2 Å². The van der Waals surface area contributed by atoms with E-state index in [1.807, 2.05) is 4.90 Å².